The second kappa shape index (κ2) is 9.29. The Morgan fingerprint density at radius 1 is 1.22 bits per heavy atom. The van der Waals surface area contributed by atoms with Gasteiger partial charge in [0.05, 0.1) is 16.5 Å². The van der Waals surface area contributed by atoms with Crippen molar-refractivity contribution in [3.05, 3.63) is 52.9 Å². The minimum absolute atomic E-state index is 0.00842. The van der Waals surface area contributed by atoms with Gasteiger partial charge in [-0.3, -0.25) is 9.59 Å². The summed E-state index contributed by atoms with van der Waals surface area (Å²) in [5.41, 5.74) is 5.76. The molecule has 4 aromatic rings. The number of amides is 2. The lowest BCUT2D eigenvalue weighted by Gasteiger charge is -2.24. The molecule has 1 aromatic carbocycles. The summed E-state index contributed by atoms with van der Waals surface area (Å²) in [5, 5.41) is 3.18. The Morgan fingerprint density at radius 3 is 2.73 bits per heavy atom. The van der Waals surface area contributed by atoms with Crippen LogP contribution in [0, 0.1) is 5.92 Å². The van der Waals surface area contributed by atoms with Crippen molar-refractivity contribution in [2.75, 3.05) is 17.6 Å². The summed E-state index contributed by atoms with van der Waals surface area (Å²) in [6, 6.07) is 7.60. The molecule has 1 aliphatic rings. The summed E-state index contributed by atoms with van der Waals surface area (Å²) < 4.78 is 42.3. The van der Waals surface area contributed by atoms with E-state index >= 15 is 0 Å². The first kappa shape index (κ1) is 24.9. The Balaban J connectivity index is 1.48. The summed E-state index contributed by atoms with van der Waals surface area (Å²) in [5.74, 6) is -0.314. The Kier molecular flexibility index (Phi) is 6.26. The fourth-order valence-corrected chi connectivity index (χ4v) is 5.10. The minimum Gasteiger partial charge on any atom is -0.383 e. The third-order valence-corrected chi connectivity index (χ3v) is 6.83. The van der Waals surface area contributed by atoms with E-state index in [1.54, 1.807) is 18.2 Å². The minimum atomic E-state index is -4.56. The van der Waals surface area contributed by atoms with Crippen LogP contribution in [0.4, 0.5) is 24.8 Å². The average Bonchev–Trinajstić information content (AvgIpc) is 3.37. The zero-order valence-corrected chi connectivity index (χ0v) is 21.0. The van der Waals surface area contributed by atoms with Crippen LogP contribution in [-0.2, 0) is 22.3 Å². The van der Waals surface area contributed by atoms with Crippen molar-refractivity contribution in [1.29, 1.82) is 0 Å². The molecule has 37 heavy (non-hydrogen) atoms. The fraction of sp³-hybridized carbons (Fsp3) is 0.292. The van der Waals surface area contributed by atoms with E-state index in [0.717, 1.165) is 12.1 Å². The highest BCUT2D eigenvalue weighted by Crippen LogP contribution is 2.37. The number of hydrogen-bond acceptors (Lipinski definition) is 6. The zero-order valence-electron chi connectivity index (χ0n) is 19.5. The molecule has 0 bridgehead atoms. The van der Waals surface area contributed by atoms with Gasteiger partial charge in [-0.25, -0.2) is 15.0 Å². The number of benzene rings is 1. The molecule has 0 spiro atoms. The molecule has 13 heteroatoms. The molecule has 0 unspecified atom stereocenters. The van der Waals surface area contributed by atoms with Crippen LogP contribution in [0.2, 0.25) is 0 Å². The standard InChI is InChI=1S/C24H21BrF3N7O2/c1-12-7-16(23(37)33-18-4-2-3-17(25)32-18)34(9-12)19(36)10-35-15-6-5-13(24(26,27)28)8-14(15)20-21(29)30-11-31-22(20)35/h2-6,8,11-12,16H,7,9-10H2,1H3,(H2,29,30,31)(H,32,33,37)/t12-,16-/m1/s1. The predicted molar refractivity (Wildman–Crippen MR) is 134 cm³/mol. The van der Waals surface area contributed by atoms with E-state index < -0.39 is 17.8 Å². The molecule has 0 aliphatic carbocycles. The van der Waals surface area contributed by atoms with Crippen molar-refractivity contribution < 1.29 is 22.8 Å². The van der Waals surface area contributed by atoms with Gasteiger partial charge in [0.15, 0.2) is 0 Å². The number of aromatic nitrogens is 4. The van der Waals surface area contributed by atoms with Gasteiger partial charge in [0.25, 0.3) is 0 Å². The van der Waals surface area contributed by atoms with Crippen LogP contribution in [0.5, 0.6) is 0 Å². The number of likely N-dealkylation sites (tertiary alicyclic amines) is 1. The molecule has 0 radical (unpaired) electrons. The van der Waals surface area contributed by atoms with Gasteiger partial charge in [0.1, 0.15) is 40.8 Å². The second-order valence-electron chi connectivity index (χ2n) is 9.01. The van der Waals surface area contributed by atoms with Gasteiger partial charge in [-0.1, -0.05) is 13.0 Å². The lowest BCUT2D eigenvalue weighted by Crippen LogP contribution is -2.44. The molecule has 3 aromatic heterocycles. The number of pyridine rings is 1. The number of halogens is 4. The first-order valence-electron chi connectivity index (χ1n) is 11.4. The maximum Gasteiger partial charge on any atom is 0.416 e. The lowest BCUT2D eigenvalue weighted by atomic mass is 10.1. The number of nitrogens with zero attached hydrogens (tertiary/aromatic N) is 5. The molecular weight excluding hydrogens is 555 g/mol. The summed E-state index contributed by atoms with van der Waals surface area (Å²) in [6.07, 6.45) is -2.90. The Bertz CT molecular complexity index is 1540. The molecular formula is C24H21BrF3N7O2. The van der Waals surface area contributed by atoms with E-state index in [4.69, 9.17) is 5.73 Å². The monoisotopic (exact) mass is 575 g/mol. The van der Waals surface area contributed by atoms with E-state index in [9.17, 15) is 22.8 Å². The van der Waals surface area contributed by atoms with Crippen LogP contribution in [0.1, 0.15) is 18.9 Å². The van der Waals surface area contributed by atoms with Crippen molar-refractivity contribution in [2.24, 2.45) is 5.92 Å². The summed E-state index contributed by atoms with van der Waals surface area (Å²) in [6.45, 7) is 2.06. The fourth-order valence-electron chi connectivity index (χ4n) is 4.76. The zero-order chi connectivity index (χ0) is 26.5. The molecule has 4 heterocycles. The number of hydrogen-bond donors (Lipinski definition) is 2. The summed E-state index contributed by atoms with van der Waals surface area (Å²) >= 11 is 3.26. The predicted octanol–water partition coefficient (Wildman–Crippen LogP) is 4.22. The number of fused-ring (bicyclic) bond motifs is 3. The summed E-state index contributed by atoms with van der Waals surface area (Å²) in [4.78, 5) is 40.4. The molecule has 1 aliphatic heterocycles. The number of nitrogens with two attached hydrogens (primary N) is 1. The lowest BCUT2D eigenvalue weighted by molar-refractivity contribution is -0.137. The van der Waals surface area contributed by atoms with Crippen molar-refractivity contribution in [1.82, 2.24) is 24.4 Å². The van der Waals surface area contributed by atoms with Crippen LogP contribution < -0.4 is 11.1 Å². The summed E-state index contributed by atoms with van der Waals surface area (Å²) in [7, 11) is 0. The van der Waals surface area contributed by atoms with Gasteiger partial charge in [-0.15, -0.1) is 0 Å². The number of carbonyl (C=O) groups excluding carboxylic acids is 2. The number of carbonyl (C=O) groups is 2. The number of rotatable bonds is 4. The van der Waals surface area contributed by atoms with Crippen LogP contribution in [0.3, 0.4) is 0 Å². The topological polar surface area (TPSA) is 119 Å². The first-order valence-corrected chi connectivity index (χ1v) is 12.1. The molecule has 0 saturated carbocycles. The highest BCUT2D eigenvalue weighted by Gasteiger charge is 2.38. The molecule has 9 nitrogen and oxygen atoms in total. The first-order chi connectivity index (χ1) is 17.5. The van der Waals surface area contributed by atoms with Crippen LogP contribution in [0.25, 0.3) is 21.9 Å². The smallest absolute Gasteiger partial charge is 0.383 e. The van der Waals surface area contributed by atoms with Gasteiger partial charge in [-0.2, -0.15) is 13.2 Å². The van der Waals surface area contributed by atoms with Gasteiger partial charge in [0.2, 0.25) is 11.8 Å². The largest absolute Gasteiger partial charge is 0.416 e. The van der Waals surface area contributed by atoms with E-state index in [2.05, 4.69) is 36.2 Å². The van der Waals surface area contributed by atoms with Gasteiger partial charge < -0.3 is 20.5 Å². The van der Waals surface area contributed by atoms with Crippen molar-refractivity contribution in [3.63, 3.8) is 0 Å². The normalized spacial score (nSPS) is 18.0. The third-order valence-electron chi connectivity index (χ3n) is 6.39. The maximum absolute atomic E-state index is 13.5. The number of nitrogens with one attached hydrogen (secondary N) is 1. The van der Waals surface area contributed by atoms with Crippen molar-refractivity contribution >= 4 is 61.3 Å². The number of anilines is 2. The Hall–Kier alpha value is -3.74. The molecule has 3 N–H and O–H groups in total. The van der Waals surface area contributed by atoms with Crippen LogP contribution >= 0.6 is 15.9 Å². The SMILES string of the molecule is C[C@@H]1C[C@H](C(=O)Nc2cccc(Br)n2)N(C(=O)Cn2c3ccc(C(F)(F)F)cc3c3c(N)ncnc32)C1. The maximum atomic E-state index is 13.5. The molecule has 1 fully saturated rings. The average molecular weight is 576 g/mol. The van der Waals surface area contributed by atoms with E-state index in [1.807, 2.05) is 6.92 Å². The highest BCUT2D eigenvalue weighted by molar-refractivity contribution is 9.10. The molecule has 2 atom stereocenters. The molecule has 192 valence electrons. The molecule has 5 rings (SSSR count). The van der Waals surface area contributed by atoms with Crippen molar-refractivity contribution in [2.45, 2.75) is 32.1 Å². The quantitative estimate of drug-likeness (QED) is 0.352. The van der Waals surface area contributed by atoms with Crippen LogP contribution in [0.15, 0.2) is 47.3 Å². The van der Waals surface area contributed by atoms with Crippen molar-refractivity contribution in [3.8, 4) is 0 Å². The third kappa shape index (κ3) is 4.70. The number of alkyl halides is 3. The molecule has 2 amide bonds. The highest BCUT2D eigenvalue weighted by atomic mass is 79.9. The van der Waals surface area contributed by atoms with E-state index in [0.29, 0.717) is 28.9 Å². The Morgan fingerprint density at radius 2 is 2.00 bits per heavy atom. The van der Waals surface area contributed by atoms with Crippen LogP contribution in [-0.4, -0.2) is 48.8 Å². The van der Waals surface area contributed by atoms with Gasteiger partial charge in [0, 0.05) is 11.9 Å². The van der Waals surface area contributed by atoms with E-state index in [1.165, 1.54) is 21.9 Å². The molecule has 1 saturated heterocycles. The number of nitrogen functional groups attached to an aromatic ring is 1. The van der Waals surface area contributed by atoms with Gasteiger partial charge >= 0.3 is 6.18 Å². The van der Waals surface area contributed by atoms with Gasteiger partial charge in [-0.05, 0) is 58.6 Å². The second-order valence-corrected chi connectivity index (χ2v) is 9.82. The van der Waals surface area contributed by atoms with E-state index in [-0.39, 0.29) is 46.5 Å². The Labute approximate surface area is 217 Å².